The Balaban J connectivity index is 2.77. The highest BCUT2D eigenvalue weighted by Crippen LogP contribution is 2.17. The molecule has 0 heterocycles. The minimum absolute atomic E-state index is 0.200. The summed E-state index contributed by atoms with van der Waals surface area (Å²) in [6, 6.07) is 6.74. The topological polar surface area (TPSA) is 81.4 Å². The van der Waals surface area contributed by atoms with E-state index in [2.05, 4.69) is 11.9 Å². The van der Waals surface area contributed by atoms with E-state index in [1.165, 1.54) is 0 Å². The van der Waals surface area contributed by atoms with E-state index in [0.29, 0.717) is 17.9 Å². The minimum atomic E-state index is -0.595. The lowest BCUT2D eigenvalue weighted by Crippen LogP contribution is -2.33. The van der Waals surface area contributed by atoms with Crippen LogP contribution in [0.25, 0.3) is 0 Å². The first-order valence-electron chi connectivity index (χ1n) is 5.04. The first-order valence-corrected chi connectivity index (χ1v) is 5.04. The third kappa shape index (κ3) is 3.98. The summed E-state index contributed by atoms with van der Waals surface area (Å²) in [7, 11) is 0. The van der Waals surface area contributed by atoms with Crippen molar-refractivity contribution in [2.75, 3.05) is 13.2 Å². The summed E-state index contributed by atoms with van der Waals surface area (Å²) in [4.78, 5) is 22.3. The van der Waals surface area contributed by atoms with E-state index >= 15 is 0 Å². The van der Waals surface area contributed by atoms with Gasteiger partial charge < -0.3 is 15.8 Å². The highest BCUT2D eigenvalue weighted by molar-refractivity contribution is 5.98. The zero-order valence-corrected chi connectivity index (χ0v) is 9.31. The number of nitrogens with one attached hydrogen (secondary N) is 1. The highest BCUT2D eigenvalue weighted by atomic mass is 16.5. The van der Waals surface area contributed by atoms with Gasteiger partial charge >= 0.3 is 0 Å². The SMILES string of the molecule is C=CCOc1ccccc1C(=O)NCC(N)=O. The molecule has 1 aromatic carbocycles. The molecule has 90 valence electrons. The molecule has 0 aliphatic rings. The van der Waals surface area contributed by atoms with E-state index in [-0.39, 0.29) is 6.54 Å². The van der Waals surface area contributed by atoms with Gasteiger partial charge in [0.05, 0.1) is 12.1 Å². The number of nitrogens with two attached hydrogens (primary N) is 1. The number of carbonyl (C=O) groups excluding carboxylic acids is 2. The van der Waals surface area contributed by atoms with Crippen LogP contribution in [-0.2, 0) is 4.79 Å². The fourth-order valence-electron chi connectivity index (χ4n) is 1.19. The van der Waals surface area contributed by atoms with Crippen LogP contribution in [0.5, 0.6) is 5.75 Å². The highest BCUT2D eigenvalue weighted by Gasteiger charge is 2.11. The Morgan fingerprint density at radius 2 is 2.12 bits per heavy atom. The molecule has 0 radical (unpaired) electrons. The standard InChI is InChI=1S/C12H14N2O3/c1-2-7-17-10-6-4-3-5-9(10)12(16)14-8-11(13)15/h2-6H,1,7-8H2,(H2,13,15)(H,14,16). The number of benzene rings is 1. The Kier molecular flexibility index (Phi) is 4.75. The zero-order chi connectivity index (χ0) is 12.7. The Bertz CT molecular complexity index is 430. The average Bonchev–Trinajstić information content (AvgIpc) is 2.33. The van der Waals surface area contributed by atoms with Crippen LogP contribution >= 0.6 is 0 Å². The average molecular weight is 234 g/mol. The predicted molar refractivity (Wildman–Crippen MR) is 63.7 cm³/mol. The molecule has 17 heavy (non-hydrogen) atoms. The lowest BCUT2D eigenvalue weighted by atomic mass is 10.2. The summed E-state index contributed by atoms with van der Waals surface area (Å²) in [6.45, 7) is 3.63. The van der Waals surface area contributed by atoms with Crippen molar-refractivity contribution >= 4 is 11.8 Å². The molecule has 0 bridgehead atoms. The molecule has 5 nitrogen and oxygen atoms in total. The number of para-hydroxylation sites is 1. The lowest BCUT2D eigenvalue weighted by molar-refractivity contribution is -0.117. The first-order chi connectivity index (χ1) is 8.15. The van der Waals surface area contributed by atoms with Crippen LogP contribution in [0.15, 0.2) is 36.9 Å². The maximum Gasteiger partial charge on any atom is 0.255 e. The molecule has 1 aromatic rings. The molecular formula is C12H14N2O3. The van der Waals surface area contributed by atoms with E-state index < -0.39 is 11.8 Å². The maximum absolute atomic E-state index is 11.7. The van der Waals surface area contributed by atoms with Gasteiger partial charge in [-0.2, -0.15) is 0 Å². The molecule has 0 unspecified atom stereocenters. The molecule has 0 spiro atoms. The van der Waals surface area contributed by atoms with Crippen molar-refractivity contribution in [1.82, 2.24) is 5.32 Å². The summed E-state index contributed by atoms with van der Waals surface area (Å²) in [5.41, 5.74) is 5.30. The fraction of sp³-hybridized carbons (Fsp3) is 0.167. The first kappa shape index (κ1) is 12.8. The summed E-state index contributed by atoms with van der Waals surface area (Å²) < 4.78 is 5.32. The van der Waals surface area contributed by atoms with Crippen molar-refractivity contribution < 1.29 is 14.3 Å². The van der Waals surface area contributed by atoms with Gasteiger partial charge in [-0.05, 0) is 12.1 Å². The molecule has 0 atom stereocenters. The van der Waals surface area contributed by atoms with Crippen LogP contribution in [0.2, 0.25) is 0 Å². The minimum Gasteiger partial charge on any atom is -0.489 e. The van der Waals surface area contributed by atoms with E-state index in [1.54, 1.807) is 30.3 Å². The van der Waals surface area contributed by atoms with Crippen molar-refractivity contribution in [3.8, 4) is 5.75 Å². The summed E-state index contributed by atoms with van der Waals surface area (Å²) in [6.07, 6.45) is 1.58. The molecule has 0 aliphatic heterocycles. The Labute approximate surface area is 99.3 Å². The molecule has 2 amide bonds. The van der Waals surface area contributed by atoms with Crippen LogP contribution < -0.4 is 15.8 Å². The Morgan fingerprint density at radius 1 is 1.41 bits per heavy atom. The predicted octanol–water partition coefficient (Wildman–Crippen LogP) is 0.467. The van der Waals surface area contributed by atoms with E-state index in [0.717, 1.165) is 0 Å². The monoisotopic (exact) mass is 234 g/mol. The number of hydrogen-bond donors (Lipinski definition) is 2. The van der Waals surface area contributed by atoms with Crippen molar-refractivity contribution in [3.63, 3.8) is 0 Å². The van der Waals surface area contributed by atoms with Crippen LogP contribution in [0, 0.1) is 0 Å². The number of ether oxygens (including phenoxy) is 1. The quantitative estimate of drug-likeness (QED) is 0.702. The summed E-state index contributed by atoms with van der Waals surface area (Å²) >= 11 is 0. The van der Waals surface area contributed by atoms with Crippen molar-refractivity contribution in [2.45, 2.75) is 0 Å². The summed E-state index contributed by atoms with van der Waals surface area (Å²) in [5.74, 6) is -0.555. The smallest absolute Gasteiger partial charge is 0.255 e. The van der Waals surface area contributed by atoms with E-state index in [4.69, 9.17) is 10.5 Å². The van der Waals surface area contributed by atoms with Gasteiger partial charge in [-0.3, -0.25) is 9.59 Å². The number of carbonyl (C=O) groups is 2. The second-order valence-corrected chi connectivity index (χ2v) is 3.24. The van der Waals surface area contributed by atoms with E-state index in [1.807, 2.05) is 0 Å². The number of primary amides is 1. The molecule has 0 saturated carbocycles. The van der Waals surface area contributed by atoms with Crippen LogP contribution in [0.4, 0.5) is 0 Å². The largest absolute Gasteiger partial charge is 0.489 e. The third-order valence-corrected chi connectivity index (χ3v) is 1.91. The third-order valence-electron chi connectivity index (χ3n) is 1.91. The molecule has 3 N–H and O–H groups in total. The molecule has 0 aromatic heterocycles. The second kappa shape index (κ2) is 6.32. The van der Waals surface area contributed by atoms with Gasteiger partial charge in [-0.15, -0.1) is 0 Å². The molecular weight excluding hydrogens is 220 g/mol. The fourth-order valence-corrected chi connectivity index (χ4v) is 1.19. The van der Waals surface area contributed by atoms with Gasteiger partial charge in [-0.25, -0.2) is 0 Å². The van der Waals surface area contributed by atoms with Crippen LogP contribution in [-0.4, -0.2) is 25.0 Å². The van der Waals surface area contributed by atoms with Gasteiger partial charge in [0.2, 0.25) is 5.91 Å². The molecule has 0 saturated heterocycles. The second-order valence-electron chi connectivity index (χ2n) is 3.24. The van der Waals surface area contributed by atoms with Gasteiger partial charge in [0.1, 0.15) is 12.4 Å². The molecule has 5 heteroatoms. The van der Waals surface area contributed by atoms with Crippen molar-refractivity contribution in [1.29, 1.82) is 0 Å². The summed E-state index contributed by atoms with van der Waals surface area (Å²) in [5, 5.41) is 2.40. The normalized spacial score (nSPS) is 9.41. The molecule has 0 aliphatic carbocycles. The number of hydrogen-bond acceptors (Lipinski definition) is 3. The Hall–Kier alpha value is -2.30. The zero-order valence-electron chi connectivity index (χ0n) is 9.31. The van der Waals surface area contributed by atoms with Gasteiger partial charge in [0.15, 0.2) is 0 Å². The molecule has 1 rings (SSSR count). The van der Waals surface area contributed by atoms with Gasteiger partial charge in [-0.1, -0.05) is 24.8 Å². The number of amides is 2. The van der Waals surface area contributed by atoms with Gasteiger partial charge in [0, 0.05) is 0 Å². The number of rotatable bonds is 6. The van der Waals surface area contributed by atoms with Crippen molar-refractivity contribution in [2.24, 2.45) is 5.73 Å². The van der Waals surface area contributed by atoms with Crippen LogP contribution in [0.3, 0.4) is 0 Å². The van der Waals surface area contributed by atoms with Crippen molar-refractivity contribution in [3.05, 3.63) is 42.5 Å². The Morgan fingerprint density at radius 3 is 2.76 bits per heavy atom. The lowest BCUT2D eigenvalue weighted by Gasteiger charge is -2.09. The van der Waals surface area contributed by atoms with E-state index in [9.17, 15) is 9.59 Å². The maximum atomic E-state index is 11.7. The molecule has 0 fully saturated rings. The van der Waals surface area contributed by atoms with Crippen LogP contribution in [0.1, 0.15) is 10.4 Å². The van der Waals surface area contributed by atoms with Gasteiger partial charge in [0.25, 0.3) is 5.91 Å².